The highest BCUT2D eigenvalue weighted by Crippen LogP contribution is 2.31. The van der Waals surface area contributed by atoms with Crippen molar-refractivity contribution in [1.82, 2.24) is 24.8 Å². The molecule has 6 nitrogen and oxygen atoms in total. The number of rotatable bonds is 5. The summed E-state index contributed by atoms with van der Waals surface area (Å²) in [6.45, 7) is 2.05. The lowest BCUT2D eigenvalue weighted by atomic mass is 9.98. The Kier molecular flexibility index (Phi) is 5.12. The Hall–Kier alpha value is -2.86. The highest BCUT2D eigenvalue weighted by atomic mass is 15.2. The fraction of sp³-hybridized carbons (Fsp3) is 0.300. The van der Waals surface area contributed by atoms with E-state index >= 15 is 0 Å². The molecule has 0 amide bonds. The lowest BCUT2D eigenvalue weighted by Crippen LogP contribution is -2.33. The molecule has 0 unspecified atom stereocenters. The number of nitrogens with one attached hydrogen (secondary N) is 1. The quantitative estimate of drug-likeness (QED) is 0.759. The van der Waals surface area contributed by atoms with Crippen LogP contribution in [-0.4, -0.2) is 31.4 Å². The SMILES string of the molecule is c1ccc(CN2CCCC[C@@H]2c2ccnc(Nc3cncnc3)n2)cc1. The van der Waals surface area contributed by atoms with Gasteiger partial charge in [-0.3, -0.25) is 4.90 Å². The molecule has 0 saturated carbocycles. The minimum absolute atomic E-state index is 0.319. The van der Waals surface area contributed by atoms with Gasteiger partial charge in [-0.1, -0.05) is 36.8 Å². The summed E-state index contributed by atoms with van der Waals surface area (Å²) < 4.78 is 0. The van der Waals surface area contributed by atoms with Gasteiger partial charge in [0.1, 0.15) is 6.33 Å². The van der Waals surface area contributed by atoms with E-state index in [1.165, 1.54) is 24.7 Å². The van der Waals surface area contributed by atoms with E-state index in [2.05, 4.69) is 55.5 Å². The summed E-state index contributed by atoms with van der Waals surface area (Å²) in [7, 11) is 0. The average molecular weight is 346 g/mol. The van der Waals surface area contributed by atoms with Crippen LogP contribution in [0.3, 0.4) is 0 Å². The van der Waals surface area contributed by atoms with Crippen LogP contribution >= 0.6 is 0 Å². The van der Waals surface area contributed by atoms with Gasteiger partial charge < -0.3 is 5.32 Å². The van der Waals surface area contributed by atoms with Crippen molar-refractivity contribution in [3.8, 4) is 0 Å². The van der Waals surface area contributed by atoms with E-state index in [-0.39, 0.29) is 0 Å². The van der Waals surface area contributed by atoms with Crippen molar-refractivity contribution in [2.24, 2.45) is 0 Å². The van der Waals surface area contributed by atoms with Crippen molar-refractivity contribution in [2.45, 2.75) is 31.8 Å². The number of nitrogens with zero attached hydrogens (tertiary/aromatic N) is 5. The van der Waals surface area contributed by atoms with Crippen molar-refractivity contribution in [3.63, 3.8) is 0 Å². The lowest BCUT2D eigenvalue weighted by Gasteiger charge is -2.35. The first kappa shape index (κ1) is 16.6. The van der Waals surface area contributed by atoms with Crippen LogP contribution in [0.25, 0.3) is 0 Å². The molecule has 1 aliphatic heterocycles. The van der Waals surface area contributed by atoms with Crippen LogP contribution in [0.2, 0.25) is 0 Å². The van der Waals surface area contributed by atoms with Crippen molar-refractivity contribution < 1.29 is 0 Å². The summed E-state index contributed by atoms with van der Waals surface area (Å²) in [5.74, 6) is 0.586. The molecule has 132 valence electrons. The molecule has 1 aliphatic rings. The lowest BCUT2D eigenvalue weighted by molar-refractivity contribution is 0.137. The summed E-state index contributed by atoms with van der Waals surface area (Å²) in [5.41, 5.74) is 3.19. The highest BCUT2D eigenvalue weighted by Gasteiger charge is 2.25. The van der Waals surface area contributed by atoms with Crippen LogP contribution in [0.15, 0.2) is 61.3 Å². The van der Waals surface area contributed by atoms with Crippen molar-refractivity contribution in [3.05, 3.63) is 72.6 Å². The predicted molar refractivity (Wildman–Crippen MR) is 101 cm³/mol. The number of anilines is 2. The number of hydrogen-bond acceptors (Lipinski definition) is 6. The molecule has 0 spiro atoms. The van der Waals surface area contributed by atoms with Crippen molar-refractivity contribution >= 4 is 11.6 Å². The number of benzene rings is 1. The molecule has 0 bridgehead atoms. The van der Waals surface area contributed by atoms with Gasteiger partial charge in [-0.15, -0.1) is 0 Å². The number of likely N-dealkylation sites (tertiary alicyclic amines) is 1. The molecule has 26 heavy (non-hydrogen) atoms. The first-order valence-electron chi connectivity index (χ1n) is 9.01. The molecule has 0 aliphatic carbocycles. The zero-order valence-electron chi connectivity index (χ0n) is 14.6. The molecule has 6 heteroatoms. The van der Waals surface area contributed by atoms with Gasteiger partial charge in [-0.25, -0.2) is 19.9 Å². The highest BCUT2D eigenvalue weighted by molar-refractivity contribution is 5.49. The average Bonchev–Trinajstić information content (AvgIpc) is 2.70. The van der Waals surface area contributed by atoms with Crippen LogP contribution in [-0.2, 0) is 6.54 Å². The Morgan fingerprint density at radius 2 is 1.88 bits per heavy atom. The molecule has 0 radical (unpaired) electrons. The van der Waals surface area contributed by atoms with E-state index in [9.17, 15) is 0 Å². The van der Waals surface area contributed by atoms with Gasteiger partial charge in [-0.05, 0) is 31.0 Å². The summed E-state index contributed by atoms with van der Waals surface area (Å²) in [4.78, 5) is 19.7. The second-order valence-corrected chi connectivity index (χ2v) is 6.52. The third kappa shape index (κ3) is 4.03. The molecular formula is C20H22N6. The molecule has 1 N–H and O–H groups in total. The Labute approximate surface area is 153 Å². The van der Waals surface area contributed by atoms with E-state index in [1.54, 1.807) is 12.4 Å². The van der Waals surface area contributed by atoms with Gasteiger partial charge >= 0.3 is 0 Å². The first-order chi connectivity index (χ1) is 12.9. The fourth-order valence-corrected chi connectivity index (χ4v) is 3.44. The maximum absolute atomic E-state index is 4.76. The van der Waals surface area contributed by atoms with Gasteiger partial charge in [-0.2, -0.15) is 0 Å². The van der Waals surface area contributed by atoms with Gasteiger partial charge in [0.25, 0.3) is 0 Å². The molecule has 3 heterocycles. The van der Waals surface area contributed by atoms with Gasteiger partial charge in [0.05, 0.1) is 29.8 Å². The Balaban J connectivity index is 1.53. The van der Waals surface area contributed by atoms with E-state index in [0.717, 1.165) is 30.9 Å². The topological polar surface area (TPSA) is 66.8 Å². The molecule has 1 fully saturated rings. The second kappa shape index (κ2) is 8.01. The van der Waals surface area contributed by atoms with Gasteiger partial charge in [0.15, 0.2) is 0 Å². The molecule has 3 aromatic rings. The molecule has 1 saturated heterocycles. The molecule has 2 aromatic heterocycles. The van der Waals surface area contributed by atoms with E-state index in [4.69, 9.17) is 4.98 Å². The largest absolute Gasteiger partial charge is 0.322 e. The normalized spacial score (nSPS) is 17.8. The van der Waals surface area contributed by atoms with Crippen LogP contribution < -0.4 is 5.32 Å². The Morgan fingerprint density at radius 1 is 1.04 bits per heavy atom. The number of piperidine rings is 1. The Morgan fingerprint density at radius 3 is 2.73 bits per heavy atom. The summed E-state index contributed by atoms with van der Waals surface area (Å²) in [5, 5.41) is 3.18. The van der Waals surface area contributed by atoms with E-state index in [0.29, 0.717) is 12.0 Å². The minimum atomic E-state index is 0.319. The monoisotopic (exact) mass is 346 g/mol. The molecule has 4 rings (SSSR count). The minimum Gasteiger partial charge on any atom is -0.322 e. The zero-order valence-corrected chi connectivity index (χ0v) is 14.6. The maximum Gasteiger partial charge on any atom is 0.227 e. The van der Waals surface area contributed by atoms with Crippen LogP contribution in [0.1, 0.15) is 36.6 Å². The van der Waals surface area contributed by atoms with Crippen LogP contribution in [0.4, 0.5) is 11.6 Å². The van der Waals surface area contributed by atoms with E-state index in [1.807, 2.05) is 12.3 Å². The zero-order chi connectivity index (χ0) is 17.6. The summed E-state index contributed by atoms with van der Waals surface area (Å²) in [6.07, 6.45) is 10.3. The Bertz CT molecular complexity index is 824. The predicted octanol–water partition coefficient (Wildman–Crippen LogP) is 3.74. The molecular weight excluding hydrogens is 324 g/mol. The van der Waals surface area contributed by atoms with Crippen molar-refractivity contribution in [2.75, 3.05) is 11.9 Å². The van der Waals surface area contributed by atoms with Gasteiger partial charge in [0.2, 0.25) is 5.95 Å². The summed E-state index contributed by atoms with van der Waals surface area (Å²) >= 11 is 0. The third-order valence-corrected chi connectivity index (χ3v) is 4.68. The summed E-state index contributed by atoms with van der Waals surface area (Å²) in [6, 6.07) is 13.0. The standard InChI is InChI=1S/C20H22N6/c1-2-6-16(7-3-1)14-26-11-5-4-8-19(26)18-9-10-23-20(25-18)24-17-12-21-15-22-13-17/h1-3,6-7,9-10,12-13,15,19H,4-5,8,11,14H2,(H,23,24,25)/t19-/m1/s1. The van der Waals surface area contributed by atoms with E-state index < -0.39 is 0 Å². The number of aromatic nitrogens is 4. The van der Waals surface area contributed by atoms with Gasteiger partial charge in [0, 0.05) is 12.7 Å². The first-order valence-corrected chi connectivity index (χ1v) is 9.01. The smallest absolute Gasteiger partial charge is 0.227 e. The third-order valence-electron chi connectivity index (χ3n) is 4.68. The fourth-order valence-electron chi connectivity index (χ4n) is 3.44. The molecule has 1 aromatic carbocycles. The van der Waals surface area contributed by atoms with Crippen molar-refractivity contribution in [1.29, 1.82) is 0 Å². The maximum atomic E-state index is 4.76. The van der Waals surface area contributed by atoms with Crippen LogP contribution in [0.5, 0.6) is 0 Å². The van der Waals surface area contributed by atoms with Crippen LogP contribution in [0, 0.1) is 0 Å². The second-order valence-electron chi connectivity index (χ2n) is 6.52. The molecule has 1 atom stereocenters. The number of hydrogen-bond donors (Lipinski definition) is 1.